The predicted octanol–water partition coefficient (Wildman–Crippen LogP) is 6.74. The first-order chi connectivity index (χ1) is 15.6. The number of benzene rings is 2. The van der Waals surface area contributed by atoms with Crippen LogP contribution in [0.3, 0.4) is 0 Å². The van der Waals surface area contributed by atoms with Gasteiger partial charge in [-0.1, -0.05) is 42.0 Å². The number of thioether (sulfide) groups is 1. The van der Waals surface area contributed by atoms with Gasteiger partial charge in [-0.25, -0.2) is 9.97 Å². The van der Waals surface area contributed by atoms with Gasteiger partial charge in [-0.15, -0.1) is 24.2 Å². The molecule has 2 aromatic heterocycles. The molecule has 0 saturated heterocycles. The lowest BCUT2D eigenvalue weighted by atomic mass is 10.1. The maximum Gasteiger partial charge on any atom is 0.229 e. The highest BCUT2D eigenvalue weighted by Crippen LogP contribution is 2.32. The first kappa shape index (κ1) is 25.6. The van der Waals surface area contributed by atoms with Crippen LogP contribution in [0, 0.1) is 0 Å². The summed E-state index contributed by atoms with van der Waals surface area (Å²) in [5.74, 6) is 0.818. The van der Waals surface area contributed by atoms with E-state index in [1.807, 2.05) is 39.9 Å². The molecule has 0 unspecified atom stereocenters. The second-order valence-corrected chi connectivity index (χ2v) is 9.98. The SMILES string of the molecule is CCc1cccc2sc(N(CCCn3ccnc3)C(=O)CCSc3ccc(Cl)cc3)nc12.Cl. The fraction of sp³-hybridized carbons (Fsp3) is 0.292. The van der Waals surface area contributed by atoms with Crippen LogP contribution in [0.5, 0.6) is 0 Å². The Hall–Kier alpha value is -2.06. The minimum Gasteiger partial charge on any atom is -0.337 e. The summed E-state index contributed by atoms with van der Waals surface area (Å²) < 4.78 is 3.16. The zero-order valence-electron chi connectivity index (χ0n) is 18.3. The average Bonchev–Trinajstić information content (AvgIpc) is 3.47. The third-order valence-electron chi connectivity index (χ3n) is 5.16. The first-order valence-corrected chi connectivity index (χ1v) is 12.8. The van der Waals surface area contributed by atoms with Crippen molar-refractivity contribution in [3.63, 3.8) is 0 Å². The third kappa shape index (κ3) is 6.73. The highest BCUT2D eigenvalue weighted by atomic mass is 35.5. The molecule has 0 radical (unpaired) electrons. The van der Waals surface area contributed by atoms with Gasteiger partial charge in [0.2, 0.25) is 5.91 Å². The number of carbonyl (C=O) groups is 1. The van der Waals surface area contributed by atoms with Crippen LogP contribution >= 0.6 is 47.1 Å². The van der Waals surface area contributed by atoms with Crippen molar-refractivity contribution >= 4 is 68.4 Å². The molecule has 5 nitrogen and oxygen atoms in total. The molecule has 33 heavy (non-hydrogen) atoms. The van der Waals surface area contributed by atoms with Gasteiger partial charge >= 0.3 is 0 Å². The van der Waals surface area contributed by atoms with Gasteiger partial charge in [0.15, 0.2) is 5.13 Å². The molecule has 174 valence electrons. The van der Waals surface area contributed by atoms with E-state index < -0.39 is 0 Å². The molecule has 2 aromatic carbocycles. The zero-order chi connectivity index (χ0) is 22.3. The second-order valence-electron chi connectivity index (χ2n) is 7.37. The van der Waals surface area contributed by atoms with Crippen molar-refractivity contribution in [2.75, 3.05) is 17.2 Å². The standard InChI is InChI=1S/C24H25ClN4OS2.ClH/c1-2-18-5-3-6-21-23(18)27-24(32-21)29(14-4-13-28-15-12-26-17-28)22(30)11-16-31-20-9-7-19(25)8-10-20;/h3,5-10,12,15,17H,2,4,11,13-14,16H2,1H3;1H. The third-order valence-corrected chi connectivity index (χ3v) is 7.47. The summed E-state index contributed by atoms with van der Waals surface area (Å²) in [6.07, 6.45) is 7.74. The van der Waals surface area contributed by atoms with Crippen molar-refractivity contribution in [1.29, 1.82) is 0 Å². The topological polar surface area (TPSA) is 51.0 Å². The van der Waals surface area contributed by atoms with E-state index in [9.17, 15) is 4.79 Å². The van der Waals surface area contributed by atoms with E-state index in [0.717, 1.165) is 44.7 Å². The molecule has 4 aromatic rings. The number of halogens is 2. The van der Waals surface area contributed by atoms with Crippen LogP contribution < -0.4 is 4.90 Å². The van der Waals surface area contributed by atoms with E-state index in [2.05, 4.69) is 30.1 Å². The number of aryl methyl sites for hydroxylation is 2. The molecule has 0 aliphatic heterocycles. The van der Waals surface area contributed by atoms with Crippen LogP contribution in [0.2, 0.25) is 5.02 Å². The van der Waals surface area contributed by atoms with E-state index >= 15 is 0 Å². The highest BCUT2D eigenvalue weighted by Gasteiger charge is 2.20. The largest absolute Gasteiger partial charge is 0.337 e. The first-order valence-electron chi connectivity index (χ1n) is 10.7. The van der Waals surface area contributed by atoms with Gasteiger partial charge in [-0.2, -0.15) is 0 Å². The van der Waals surface area contributed by atoms with Crippen LogP contribution in [0.25, 0.3) is 10.2 Å². The molecule has 0 N–H and O–H groups in total. The quantitative estimate of drug-likeness (QED) is 0.217. The lowest BCUT2D eigenvalue weighted by molar-refractivity contribution is -0.118. The van der Waals surface area contributed by atoms with E-state index in [1.54, 1.807) is 35.6 Å². The molecule has 0 spiro atoms. The molecule has 0 atom stereocenters. The van der Waals surface area contributed by atoms with E-state index in [1.165, 1.54) is 5.56 Å². The van der Waals surface area contributed by atoms with Crippen molar-refractivity contribution in [3.8, 4) is 0 Å². The minimum absolute atomic E-state index is 0. The number of rotatable bonds is 10. The maximum absolute atomic E-state index is 13.3. The molecule has 4 rings (SSSR count). The molecular weight excluding hydrogens is 495 g/mol. The number of thiazole rings is 1. The molecule has 0 aliphatic rings. The monoisotopic (exact) mass is 520 g/mol. The second kappa shape index (κ2) is 12.4. The molecule has 0 aliphatic carbocycles. The number of amides is 1. The molecule has 1 amide bonds. The Kier molecular flexibility index (Phi) is 9.62. The summed E-state index contributed by atoms with van der Waals surface area (Å²) in [7, 11) is 0. The number of carbonyl (C=O) groups excluding carboxylic acids is 1. The average molecular weight is 522 g/mol. The normalized spacial score (nSPS) is 10.8. The number of nitrogens with zero attached hydrogens (tertiary/aromatic N) is 4. The Bertz CT molecular complexity index is 1160. The lowest BCUT2D eigenvalue weighted by Gasteiger charge is -2.20. The molecule has 2 heterocycles. The van der Waals surface area contributed by atoms with Crippen LogP contribution in [0.4, 0.5) is 5.13 Å². The van der Waals surface area contributed by atoms with Crippen molar-refractivity contribution in [3.05, 3.63) is 71.8 Å². The van der Waals surface area contributed by atoms with Crippen LogP contribution in [-0.2, 0) is 17.8 Å². The minimum atomic E-state index is 0. The van der Waals surface area contributed by atoms with Crippen molar-refractivity contribution in [2.24, 2.45) is 0 Å². The van der Waals surface area contributed by atoms with Gasteiger partial charge in [0.05, 0.1) is 16.5 Å². The smallest absolute Gasteiger partial charge is 0.229 e. The highest BCUT2D eigenvalue weighted by molar-refractivity contribution is 7.99. The van der Waals surface area contributed by atoms with E-state index in [4.69, 9.17) is 16.6 Å². The fourth-order valence-electron chi connectivity index (χ4n) is 3.47. The Labute approximate surface area is 213 Å². The van der Waals surface area contributed by atoms with Crippen LogP contribution in [0.15, 0.2) is 66.1 Å². The summed E-state index contributed by atoms with van der Waals surface area (Å²) in [5.41, 5.74) is 2.23. The van der Waals surface area contributed by atoms with Crippen molar-refractivity contribution < 1.29 is 4.79 Å². The van der Waals surface area contributed by atoms with Gasteiger partial charge in [-0.3, -0.25) is 9.69 Å². The molecule has 0 saturated carbocycles. The number of hydrogen-bond acceptors (Lipinski definition) is 5. The summed E-state index contributed by atoms with van der Waals surface area (Å²) in [4.78, 5) is 25.2. The molecular formula is C24H26Cl2N4OS2. The Balaban J connectivity index is 0.00000306. The Morgan fingerprint density at radius 1 is 1.21 bits per heavy atom. The van der Waals surface area contributed by atoms with Gasteiger partial charge in [0, 0.05) is 47.6 Å². The van der Waals surface area contributed by atoms with Gasteiger partial charge in [-0.05, 0) is 48.7 Å². The molecule has 9 heteroatoms. The fourth-order valence-corrected chi connectivity index (χ4v) is 5.50. The predicted molar refractivity (Wildman–Crippen MR) is 142 cm³/mol. The number of anilines is 1. The summed E-state index contributed by atoms with van der Waals surface area (Å²) in [6.45, 7) is 3.58. The number of imidazole rings is 1. The van der Waals surface area contributed by atoms with Crippen LogP contribution in [0.1, 0.15) is 25.3 Å². The van der Waals surface area contributed by atoms with Gasteiger partial charge < -0.3 is 4.57 Å². The van der Waals surface area contributed by atoms with Crippen molar-refractivity contribution in [1.82, 2.24) is 14.5 Å². The number of hydrogen-bond donors (Lipinski definition) is 0. The summed E-state index contributed by atoms with van der Waals surface area (Å²) in [5, 5.41) is 1.50. The Morgan fingerprint density at radius 3 is 2.76 bits per heavy atom. The van der Waals surface area contributed by atoms with Crippen molar-refractivity contribution in [2.45, 2.75) is 37.6 Å². The van der Waals surface area contributed by atoms with Gasteiger partial charge in [0.1, 0.15) is 0 Å². The maximum atomic E-state index is 13.3. The van der Waals surface area contributed by atoms with E-state index in [0.29, 0.717) is 18.7 Å². The molecule has 0 fully saturated rings. The lowest BCUT2D eigenvalue weighted by Crippen LogP contribution is -2.32. The zero-order valence-corrected chi connectivity index (χ0v) is 21.5. The number of fused-ring (bicyclic) bond motifs is 1. The number of para-hydroxylation sites is 1. The van der Waals surface area contributed by atoms with Crippen LogP contribution in [-0.4, -0.2) is 32.7 Å². The summed E-state index contributed by atoms with van der Waals surface area (Å²) in [6, 6.07) is 14.0. The summed E-state index contributed by atoms with van der Waals surface area (Å²) >= 11 is 9.23. The van der Waals surface area contributed by atoms with Gasteiger partial charge in [0.25, 0.3) is 0 Å². The van der Waals surface area contributed by atoms with E-state index in [-0.39, 0.29) is 18.3 Å². The number of aromatic nitrogens is 3. The molecule has 0 bridgehead atoms. The Morgan fingerprint density at radius 2 is 2.03 bits per heavy atom.